The number of nitrogens with zero attached hydrogens (tertiary/aromatic N) is 2. The molecule has 5 nitrogen and oxygen atoms in total. The van der Waals surface area contributed by atoms with E-state index in [1.54, 1.807) is 17.8 Å². The van der Waals surface area contributed by atoms with Gasteiger partial charge in [0.05, 0.1) is 16.8 Å². The molecule has 1 amide bonds. The lowest BCUT2D eigenvalue weighted by Gasteiger charge is -2.27. The van der Waals surface area contributed by atoms with Crippen LogP contribution in [0.25, 0.3) is 0 Å². The SMILES string of the molecule is Cc1nn(C)c(Cl)c1[C@H]1NC(=O)c2ccccc2N1. The number of benzene rings is 1. The van der Waals surface area contributed by atoms with Gasteiger partial charge in [0.1, 0.15) is 11.3 Å². The number of halogens is 1. The van der Waals surface area contributed by atoms with E-state index in [1.165, 1.54) is 0 Å². The van der Waals surface area contributed by atoms with E-state index < -0.39 is 0 Å². The standard InChI is InChI=1S/C13H13ClN4O/c1-7-10(11(14)18(2)17-7)12-15-9-6-4-3-5-8(9)13(19)16-12/h3-6,12,15H,1-2H3,(H,16,19)/t12-/m1/s1. The lowest BCUT2D eigenvalue weighted by molar-refractivity contribution is 0.0935. The van der Waals surface area contributed by atoms with Gasteiger partial charge in [-0.2, -0.15) is 5.10 Å². The minimum Gasteiger partial charge on any atom is -0.361 e. The van der Waals surface area contributed by atoms with Crippen LogP contribution in [0, 0.1) is 6.92 Å². The van der Waals surface area contributed by atoms with Crippen molar-refractivity contribution in [2.24, 2.45) is 7.05 Å². The first-order valence-electron chi connectivity index (χ1n) is 5.93. The summed E-state index contributed by atoms with van der Waals surface area (Å²) in [5.74, 6) is -0.112. The first-order chi connectivity index (χ1) is 9.08. The van der Waals surface area contributed by atoms with E-state index in [-0.39, 0.29) is 12.1 Å². The number of rotatable bonds is 1. The fourth-order valence-corrected chi connectivity index (χ4v) is 2.61. The number of nitrogens with one attached hydrogen (secondary N) is 2. The quantitative estimate of drug-likeness (QED) is 0.840. The predicted molar refractivity (Wildman–Crippen MR) is 73.2 cm³/mol. The van der Waals surface area contributed by atoms with E-state index >= 15 is 0 Å². The number of hydrogen-bond acceptors (Lipinski definition) is 3. The summed E-state index contributed by atoms with van der Waals surface area (Å²) in [5.41, 5.74) is 3.03. The van der Waals surface area contributed by atoms with Crippen molar-refractivity contribution in [2.75, 3.05) is 5.32 Å². The topological polar surface area (TPSA) is 59.0 Å². The molecule has 0 spiro atoms. The Morgan fingerprint density at radius 2 is 2.05 bits per heavy atom. The zero-order valence-electron chi connectivity index (χ0n) is 10.6. The van der Waals surface area contributed by atoms with Crippen LogP contribution in [-0.2, 0) is 7.05 Å². The van der Waals surface area contributed by atoms with E-state index in [2.05, 4.69) is 15.7 Å². The Kier molecular flexibility index (Phi) is 2.71. The fourth-order valence-electron chi connectivity index (χ4n) is 2.33. The number of anilines is 1. The minimum atomic E-state index is -0.358. The van der Waals surface area contributed by atoms with Crippen LogP contribution in [0.5, 0.6) is 0 Å². The Morgan fingerprint density at radius 1 is 1.32 bits per heavy atom. The summed E-state index contributed by atoms with van der Waals surface area (Å²) >= 11 is 6.23. The first kappa shape index (κ1) is 12.0. The van der Waals surface area contributed by atoms with Gasteiger partial charge >= 0.3 is 0 Å². The molecular weight excluding hydrogens is 264 g/mol. The number of aryl methyl sites for hydroxylation is 2. The molecule has 2 heterocycles. The summed E-state index contributed by atoms with van der Waals surface area (Å²) in [5, 5.41) is 10.9. The Bertz CT molecular complexity index is 665. The number of aromatic nitrogens is 2. The number of hydrogen-bond donors (Lipinski definition) is 2. The smallest absolute Gasteiger partial charge is 0.255 e. The van der Waals surface area contributed by atoms with Gasteiger partial charge in [-0.15, -0.1) is 0 Å². The number of amides is 1. The molecule has 1 aliphatic rings. The second kappa shape index (κ2) is 4.28. The van der Waals surface area contributed by atoms with E-state index in [4.69, 9.17) is 11.6 Å². The Labute approximate surface area is 115 Å². The molecule has 0 radical (unpaired) electrons. The van der Waals surface area contributed by atoms with Gasteiger partial charge in [-0.25, -0.2) is 0 Å². The van der Waals surface area contributed by atoms with Gasteiger partial charge in [0.15, 0.2) is 0 Å². The predicted octanol–water partition coefficient (Wildman–Crippen LogP) is 2.24. The van der Waals surface area contributed by atoms with Crippen LogP contribution >= 0.6 is 11.6 Å². The summed E-state index contributed by atoms with van der Waals surface area (Å²) in [7, 11) is 1.78. The molecule has 98 valence electrons. The van der Waals surface area contributed by atoms with Crippen molar-refractivity contribution in [3.8, 4) is 0 Å². The average Bonchev–Trinajstić information content (AvgIpc) is 2.63. The molecule has 0 aliphatic carbocycles. The van der Waals surface area contributed by atoms with E-state index in [0.717, 1.165) is 16.9 Å². The summed E-state index contributed by atoms with van der Waals surface area (Å²) < 4.78 is 1.60. The van der Waals surface area contributed by atoms with Crippen LogP contribution < -0.4 is 10.6 Å². The highest BCUT2D eigenvalue weighted by molar-refractivity contribution is 6.30. The lowest BCUT2D eigenvalue weighted by Crippen LogP contribution is -2.38. The van der Waals surface area contributed by atoms with Crippen molar-refractivity contribution >= 4 is 23.2 Å². The molecule has 1 aromatic carbocycles. The Balaban J connectivity index is 2.04. The lowest BCUT2D eigenvalue weighted by atomic mass is 10.1. The monoisotopic (exact) mass is 276 g/mol. The van der Waals surface area contributed by atoms with Gasteiger partial charge in [0.2, 0.25) is 0 Å². The van der Waals surface area contributed by atoms with Crippen molar-refractivity contribution in [1.82, 2.24) is 15.1 Å². The molecule has 1 aromatic heterocycles. The molecule has 3 rings (SSSR count). The van der Waals surface area contributed by atoms with Crippen molar-refractivity contribution in [3.05, 3.63) is 46.2 Å². The highest BCUT2D eigenvalue weighted by atomic mass is 35.5. The fraction of sp³-hybridized carbons (Fsp3) is 0.231. The number of fused-ring (bicyclic) bond motifs is 1. The average molecular weight is 277 g/mol. The van der Waals surface area contributed by atoms with Gasteiger partial charge in [-0.3, -0.25) is 9.48 Å². The molecule has 2 aromatic rings. The summed E-state index contributed by atoms with van der Waals surface area (Å²) in [4.78, 5) is 12.1. The van der Waals surface area contributed by atoms with Crippen molar-refractivity contribution < 1.29 is 4.79 Å². The van der Waals surface area contributed by atoms with Gasteiger partial charge in [-0.05, 0) is 19.1 Å². The zero-order chi connectivity index (χ0) is 13.6. The van der Waals surface area contributed by atoms with E-state index in [9.17, 15) is 4.79 Å². The highest BCUT2D eigenvalue weighted by Gasteiger charge is 2.28. The van der Waals surface area contributed by atoms with Gasteiger partial charge in [0.25, 0.3) is 5.91 Å². The number of para-hydroxylation sites is 1. The molecule has 6 heteroatoms. The van der Waals surface area contributed by atoms with Crippen molar-refractivity contribution in [2.45, 2.75) is 13.1 Å². The van der Waals surface area contributed by atoms with Gasteiger partial charge in [0, 0.05) is 12.7 Å². The van der Waals surface area contributed by atoms with Crippen LogP contribution in [0.1, 0.15) is 27.8 Å². The number of carbonyl (C=O) groups is 1. The molecule has 0 saturated heterocycles. The van der Waals surface area contributed by atoms with Crippen LogP contribution in [-0.4, -0.2) is 15.7 Å². The molecule has 2 N–H and O–H groups in total. The highest BCUT2D eigenvalue weighted by Crippen LogP contribution is 2.31. The normalized spacial score (nSPS) is 17.6. The molecule has 1 atom stereocenters. The molecular formula is C13H13ClN4O. The zero-order valence-corrected chi connectivity index (χ0v) is 11.3. The van der Waals surface area contributed by atoms with Crippen LogP contribution in [0.3, 0.4) is 0 Å². The van der Waals surface area contributed by atoms with Gasteiger partial charge < -0.3 is 10.6 Å². The second-order valence-corrected chi connectivity index (χ2v) is 4.87. The van der Waals surface area contributed by atoms with E-state index in [1.807, 2.05) is 25.1 Å². The van der Waals surface area contributed by atoms with E-state index in [0.29, 0.717) is 10.7 Å². The molecule has 19 heavy (non-hydrogen) atoms. The largest absolute Gasteiger partial charge is 0.361 e. The summed E-state index contributed by atoms with van der Waals surface area (Å²) in [6.45, 7) is 1.87. The first-order valence-corrected chi connectivity index (χ1v) is 6.31. The Morgan fingerprint density at radius 3 is 2.74 bits per heavy atom. The number of carbonyl (C=O) groups excluding carboxylic acids is 1. The third-order valence-corrected chi connectivity index (χ3v) is 3.68. The third-order valence-electron chi connectivity index (χ3n) is 3.23. The van der Waals surface area contributed by atoms with Crippen LogP contribution in [0.2, 0.25) is 5.15 Å². The van der Waals surface area contributed by atoms with Gasteiger partial charge in [-0.1, -0.05) is 23.7 Å². The molecule has 0 bridgehead atoms. The third kappa shape index (κ3) is 1.86. The second-order valence-electron chi connectivity index (χ2n) is 4.51. The maximum absolute atomic E-state index is 12.1. The molecule has 1 aliphatic heterocycles. The van der Waals surface area contributed by atoms with Crippen LogP contribution in [0.15, 0.2) is 24.3 Å². The van der Waals surface area contributed by atoms with Crippen molar-refractivity contribution in [1.29, 1.82) is 0 Å². The molecule has 0 fully saturated rings. The van der Waals surface area contributed by atoms with Crippen LogP contribution in [0.4, 0.5) is 5.69 Å². The summed E-state index contributed by atoms with van der Waals surface area (Å²) in [6, 6.07) is 7.38. The molecule has 0 saturated carbocycles. The molecule has 0 unspecified atom stereocenters. The Hall–Kier alpha value is -2.01. The maximum atomic E-state index is 12.1. The maximum Gasteiger partial charge on any atom is 0.255 e. The van der Waals surface area contributed by atoms with Crippen molar-refractivity contribution in [3.63, 3.8) is 0 Å². The summed E-state index contributed by atoms with van der Waals surface area (Å²) in [6.07, 6.45) is -0.358. The minimum absolute atomic E-state index is 0.112.